The van der Waals surface area contributed by atoms with E-state index in [2.05, 4.69) is 35.9 Å². The molecule has 1 aromatic carbocycles. The molecule has 1 heterocycles. The van der Waals surface area contributed by atoms with Crippen LogP contribution < -0.4 is 4.74 Å². The van der Waals surface area contributed by atoms with Crippen LogP contribution in [0, 0.1) is 12.8 Å². The monoisotopic (exact) mass is 334 g/mol. The molecule has 0 spiro atoms. The summed E-state index contributed by atoms with van der Waals surface area (Å²) >= 11 is 1.72. The molecule has 4 nitrogen and oxygen atoms in total. The molecular weight excluding hydrogens is 308 g/mol. The molecule has 0 aliphatic carbocycles. The number of benzene rings is 1. The summed E-state index contributed by atoms with van der Waals surface area (Å²) < 4.78 is 5.22. The third-order valence-electron chi connectivity index (χ3n) is 4.00. The predicted octanol–water partition coefficient (Wildman–Crippen LogP) is 3.48. The van der Waals surface area contributed by atoms with Crippen LogP contribution >= 0.6 is 11.3 Å². The van der Waals surface area contributed by atoms with Crippen molar-refractivity contribution < 1.29 is 9.84 Å². The second-order valence-corrected chi connectivity index (χ2v) is 7.41. The fraction of sp³-hybridized carbons (Fsp3) is 0.500. The maximum absolute atomic E-state index is 9.84. The van der Waals surface area contributed by atoms with Crippen LogP contribution in [-0.2, 0) is 13.1 Å². The van der Waals surface area contributed by atoms with E-state index < -0.39 is 0 Å². The average Bonchev–Trinajstić information content (AvgIpc) is 2.93. The molecule has 0 radical (unpaired) electrons. The van der Waals surface area contributed by atoms with Crippen molar-refractivity contribution in [2.24, 2.45) is 5.92 Å². The highest BCUT2D eigenvalue weighted by Gasteiger charge is 2.22. The minimum Gasteiger partial charge on any atom is -0.497 e. The molecule has 5 heteroatoms. The second kappa shape index (κ2) is 8.43. The summed E-state index contributed by atoms with van der Waals surface area (Å²) in [6, 6.07) is 8.25. The highest BCUT2D eigenvalue weighted by molar-refractivity contribution is 7.11. The first-order valence-electron chi connectivity index (χ1n) is 7.92. The molecule has 126 valence electrons. The number of aryl methyl sites for hydroxylation is 1. The molecule has 1 aromatic heterocycles. The van der Waals surface area contributed by atoms with E-state index >= 15 is 0 Å². The number of hydrogen-bond donors (Lipinski definition) is 1. The van der Waals surface area contributed by atoms with E-state index in [1.807, 2.05) is 25.3 Å². The zero-order chi connectivity index (χ0) is 16.8. The summed E-state index contributed by atoms with van der Waals surface area (Å²) in [7, 11) is 1.67. The van der Waals surface area contributed by atoms with Crippen molar-refractivity contribution in [3.8, 4) is 5.75 Å². The van der Waals surface area contributed by atoms with E-state index in [9.17, 15) is 5.11 Å². The SMILES string of the molecule is COc1ccc(CN(Cc2cnc(C)s2)[C@H](CO)C(C)C)cc1. The van der Waals surface area contributed by atoms with E-state index in [4.69, 9.17) is 4.74 Å². The minimum absolute atomic E-state index is 0.125. The Balaban J connectivity index is 2.17. The summed E-state index contributed by atoms with van der Waals surface area (Å²) in [6.45, 7) is 8.09. The highest BCUT2D eigenvalue weighted by Crippen LogP contribution is 2.22. The molecule has 0 aliphatic heterocycles. The van der Waals surface area contributed by atoms with E-state index in [1.165, 1.54) is 10.4 Å². The number of rotatable bonds is 8. The lowest BCUT2D eigenvalue weighted by atomic mass is 10.0. The average molecular weight is 334 g/mol. The molecule has 2 rings (SSSR count). The largest absolute Gasteiger partial charge is 0.497 e. The summed E-state index contributed by atoms with van der Waals surface area (Å²) in [4.78, 5) is 7.91. The predicted molar refractivity (Wildman–Crippen MR) is 94.8 cm³/mol. The molecule has 1 atom stereocenters. The van der Waals surface area contributed by atoms with E-state index in [0.717, 1.165) is 23.8 Å². The number of hydrogen-bond acceptors (Lipinski definition) is 5. The van der Waals surface area contributed by atoms with Crippen LogP contribution in [0.2, 0.25) is 0 Å². The molecule has 2 aromatic rings. The van der Waals surface area contributed by atoms with Gasteiger partial charge < -0.3 is 9.84 Å². The smallest absolute Gasteiger partial charge is 0.118 e. The number of aromatic nitrogens is 1. The standard InChI is InChI=1S/C18H26N2O2S/c1-13(2)18(12-21)20(11-17-9-19-14(3)23-17)10-15-5-7-16(22-4)8-6-15/h5-9,13,18,21H,10-12H2,1-4H3/t18-/m1/s1. The van der Waals surface area contributed by atoms with Crippen LogP contribution in [0.25, 0.3) is 0 Å². The van der Waals surface area contributed by atoms with Gasteiger partial charge in [0.25, 0.3) is 0 Å². The van der Waals surface area contributed by atoms with Crippen molar-refractivity contribution in [1.29, 1.82) is 0 Å². The first-order valence-corrected chi connectivity index (χ1v) is 8.74. The quantitative estimate of drug-likeness (QED) is 0.803. The molecule has 0 aliphatic rings. The van der Waals surface area contributed by atoms with Gasteiger partial charge in [-0.3, -0.25) is 4.90 Å². The van der Waals surface area contributed by atoms with Gasteiger partial charge in [0.2, 0.25) is 0 Å². The van der Waals surface area contributed by atoms with Gasteiger partial charge in [-0.25, -0.2) is 4.98 Å². The number of aliphatic hydroxyl groups is 1. The Labute approximate surface area is 142 Å². The second-order valence-electron chi connectivity index (χ2n) is 6.09. The van der Waals surface area contributed by atoms with Crippen molar-refractivity contribution in [2.75, 3.05) is 13.7 Å². The molecule has 23 heavy (non-hydrogen) atoms. The topological polar surface area (TPSA) is 45.6 Å². The Morgan fingerprint density at radius 1 is 1.22 bits per heavy atom. The summed E-state index contributed by atoms with van der Waals surface area (Å²) in [5.74, 6) is 1.24. The van der Waals surface area contributed by atoms with E-state index in [0.29, 0.717) is 5.92 Å². The molecule has 0 saturated carbocycles. The number of nitrogens with zero attached hydrogens (tertiary/aromatic N) is 2. The van der Waals surface area contributed by atoms with E-state index in [1.54, 1.807) is 18.4 Å². The normalized spacial score (nSPS) is 12.8. The fourth-order valence-electron chi connectivity index (χ4n) is 2.68. The molecule has 1 N–H and O–H groups in total. The Hall–Kier alpha value is -1.43. The number of ether oxygens (including phenoxy) is 1. The van der Waals surface area contributed by atoms with Crippen molar-refractivity contribution in [2.45, 2.75) is 39.9 Å². The fourth-order valence-corrected chi connectivity index (χ4v) is 3.50. The van der Waals surface area contributed by atoms with Crippen molar-refractivity contribution in [3.05, 3.63) is 45.9 Å². The molecule has 0 fully saturated rings. The van der Waals surface area contributed by atoms with Gasteiger partial charge in [0.15, 0.2) is 0 Å². The van der Waals surface area contributed by atoms with Gasteiger partial charge in [0, 0.05) is 30.2 Å². The highest BCUT2D eigenvalue weighted by atomic mass is 32.1. The van der Waals surface area contributed by atoms with Crippen molar-refractivity contribution >= 4 is 11.3 Å². The number of thiazole rings is 1. The molecule has 0 amide bonds. The van der Waals surface area contributed by atoms with Gasteiger partial charge in [-0.05, 0) is 30.5 Å². The third kappa shape index (κ3) is 5.03. The zero-order valence-electron chi connectivity index (χ0n) is 14.3. The van der Waals surface area contributed by atoms with Gasteiger partial charge in [0.05, 0.1) is 18.7 Å². The maximum Gasteiger partial charge on any atom is 0.118 e. The minimum atomic E-state index is 0.125. The van der Waals surface area contributed by atoms with Crippen LogP contribution in [0.4, 0.5) is 0 Å². The van der Waals surface area contributed by atoms with Crippen molar-refractivity contribution in [1.82, 2.24) is 9.88 Å². The van der Waals surface area contributed by atoms with Gasteiger partial charge in [-0.2, -0.15) is 0 Å². The number of aliphatic hydroxyl groups excluding tert-OH is 1. The van der Waals surface area contributed by atoms with Gasteiger partial charge in [-0.15, -0.1) is 11.3 Å². The van der Waals surface area contributed by atoms with E-state index in [-0.39, 0.29) is 12.6 Å². The van der Waals surface area contributed by atoms with Crippen LogP contribution in [0.3, 0.4) is 0 Å². The van der Waals surface area contributed by atoms with Crippen LogP contribution in [0.5, 0.6) is 5.75 Å². The Kier molecular flexibility index (Phi) is 6.57. The lowest BCUT2D eigenvalue weighted by molar-refractivity contribution is 0.0792. The lowest BCUT2D eigenvalue weighted by Gasteiger charge is -2.33. The summed E-state index contributed by atoms with van der Waals surface area (Å²) in [5, 5.41) is 10.9. The molecular formula is C18H26N2O2S. The van der Waals surface area contributed by atoms with Gasteiger partial charge >= 0.3 is 0 Å². The molecule has 0 saturated heterocycles. The van der Waals surface area contributed by atoms with Crippen LogP contribution in [-0.4, -0.2) is 34.7 Å². The van der Waals surface area contributed by atoms with Gasteiger partial charge in [-0.1, -0.05) is 26.0 Å². The first-order chi connectivity index (χ1) is 11.0. The maximum atomic E-state index is 9.84. The number of methoxy groups -OCH3 is 1. The lowest BCUT2D eigenvalue weighted by Crippen LogP contribution is -2.40. The summed E-state index contributed by atoms with van der Waals surface area (Å²) in [5.41, 5.74) is 1.21. The van der Waals surface area contributed by atoms with Crippen LogP contribution in [0.1, 0.15) is 29.3 Å². The molecule has 0 unspecified atom stereocenters. The Morgan fingerprint density at radius 3 is 2.39 bits per heavy atom. The first kappa shape index (κ1) is 17.9. The summed E-state index contributed by atoms with van der Waals surface area (Å²) in [6.07, 6.45) is 1.94. The van der Waals surface area contributed by atoms with Gasteiger partial charge in [0.1, 0.15) is 5.75 Å². The third-order valence-corrected chi connectivity index (χ3v) is 4.90. The Morgan fingerprint density at radius 2 is 1.91 bits per heavy atom. The molecule has 0 bridgehead atoms. The zero-order valence-corrected chi connectivity index (χ0v) is 15.1. The van der Waals surface area contributed by atoms with Crippen LogP contribution in [0.15, 0.2) is 30.5 Å². The Bertz CT molecular complexity index is 595. The van der Waals surface area contributed by atoms with Crippen molar-refractivity contribution in [3.63, 3.8) is 0 Å².